The van der Waals surface area contributed by atoms with Crippen LogP contribution in [-0.2, 0) is 6.54 Å². The summed E-state index contributed by atoms with van der Waals surface area (Å²) in [4.78, 5) is 6.45. The Labute approximate surface area is 157 Å². The van der Waals surface area contributed by atoms with Crippen molar-refractivity contribution < 1.29 is 13.7 Å². The van der Waals surface area contributed by atoms with E-state index >= 15 is 0 Å². The number of hydrogen-bond donors (Lipinski definition) is 0. The van der Waals surface area contributed by atoms with Crippen LogP contribution in [0.3, 0.4) is 0 Å². The van der Waals surface area contributed by atoms with E-state index in [4.69, 9.17) is 9.26 Å². The van der Waals surface area contributed by atoms with E-state index in [2.05, 4.69) is 15.0 Å². The first-order chi connectivity index (χ1) is 13.3. The molecule has 0 N–H and O–H groups in total. The van der Waals surface area contributed by atoms with Gasteiger partial charge in [-0.3, -0.25) is 9.88 Å². The fourth-order valence-electron chi connectivity index (χ4n) is 3.46. The molecule has 1 fully saturated rings. The van der Waals surface area contributed by atoms with Crippen molar-refractivity contribution in [2.75, 3.05) is 19.7 Å². The Bertz CT molecular complexity index is 869. The first-order valence-electron chi connectivity index (χ1n) is 9.23. The lowest BCUT2D eigenvalue weighted by Gasteiger charge is -2.31. The number of piperidine rings is 1. The van der Waals surface area contributed by atoms with Gasteiger partial charge in [0, 0.05) is 36.5 Å². The zero-order valence-electron chi connectivity index (χ0n) is 15.1. The van der Waals surface area contributed by atoms with Crippen LogP contribution in [0.4, 0.5) is 4.39 Å². The average Bonchev–Trinajstić information content (AvgIpc) is 3.17. The summed E-state index contributed by atoms with van der Waals surface area (Å²) in [5.74, 6) is 1.23. The predicted molar refractivity (Wildman–Crippen MR) is 99.6 cm³/mol. The fourth-order valence-corrected chi connectivity index (χ4v) is 3.46. The highest BCUT2D eigenvalue weighted by Gasteiger charge is 2.22. The highest BCUT2D eigenvalue weighted by Crippen LogP contribution is 2.23. The molecule has 3 aromatic rings. The van der Waals surface area contributed by atoms with Crippen LogP contribution < -0.4 is 4.74 Å². The van der Waals surface area contributed by atoms with Gasteiger partial charge in [0.05, 0.1) is 13.2 Å². The molecule has 4 rings (SSSR count). The SMILES string of the molecule is Fc1ccccc1OC[C@@H]1CCCN(Cc2cc(-c3cccnc3)no2)C1. The van der Waals surface area contributed by atoms with E-state index in [-0.39, 0.29) is 5.82 Å². The molecule has 6 heteroatoms. The van der Waals surface area contributed by atoms with Gasteiger partial charge in [-0.25, -0.2) is 4.39 Å². The zero-order chi connectivity index (χ0) is 18.5. The molecule has 1 aliphatic heterocycles. The molecule has 1 aliphatic rings. The Morgan fingerprint density at radius 3 is 3.00 bits per heavy atom. The normalized spacial score (nSPS) is 17.7. The molecule has 2 aromatic heterocycles. The molecule has 1 saturated heterocycles. The smallest absolute Gasteiger partial charge is 0.165 e. The molecule has 0 saturated carbocycles. The van der Waals surface area contributed by atoms with Crippen LogP contribution in [0.5, 0.6) is 5.75 Å². The minimum absolute atomic E-state index is 0.310. The molecule has 0 aliphatic carbocycles. The third-order valence-electron chi connectivity index (χ3n) is 4.81. The Kier molecular flexibility index (Phi) is 5.44. The summed E-state index contributed by atoms with van der Waals surface area (Å²) in [6.07, 6.45) is 5.69. The fraction of sp³-hybridized carbons (Fsp3) is 0.333. The van der Waals surface area contributed by atoms with Crippen LogP contribution in [0.1, 0.15) is 18.6 Å². The van der Waals surface area contributed by atoms with Gasteiger partial charge in [0.25, 0.3) is 0 Å². The van der Waals surface area contributed by atoms with Gasteiger partial charge in [0.1, 0.15) is 5.69 Å². The summed E-state index contributed by atoms with van der Waals surface area (Å²) in [6, 6.07) is 12.4. The monoisotopic (exact) mass is 367 g/mol. The number of likely N-dealkylation sites (tertiary alicyclic amines) is 1. The quantitative estimate of drug-likeness (QED) is 0.655. The first kappa shape index (κ1) is 17.7. The predicted octanol–water partition coefficient (Wildman–Crippen LogP) is 4.17. The second-order valence-corrected chi connectivity index (χ2v) is 6.90. The summed E-state index contributed by atoms with van der Waals surface area (Å²) < 4.78 is 24.9. The molecule has 3 heterocycles. The topological polar surface area (TPSA) is 51.4 Å². The summed E-state index contributed by atoms with van der Waals surface area (Å²) in [5.41, 5.74) is 1.75. The van der Waals surface area contributed by atoms with E-state index in [9.17, 15) is 4.39 Å². The number of pyridine rings is 1. The Hall–Kier alpha value is -2.73. The molecule has 1 atom stereocenters. The molecule has 0 bridgehead atoms. The van der Waals surface area contributed by atoms with E-state index in [0.717, 1.165) is 42.9 Å². The highest BCUT2D eigenvalue weighted by atomic mass is 19.1. The summed E-state index contributed by atoms with van der Waals surface area (Å²) >= 11 is 0. The number of rotatable bonds is 6. The number of nitrogens with zero attached hydrogens (tertiary/aromatic N) is 3. The molecule has 0 amide bonds. The molecule has 0 radical (unpaired) electrons. The van der Waals surface area contributed by atoms with E-state index in [1.54, 1.807) is 30.6 Å². The number of para-hydroxylation sites is 1. The van der Waals surface area contributed by atoms with E-state index in [1.807, 2.05) is 18.2 Å². The first-order valence-corrected chi connectivity index (χ1v) is 9.23. The minimum atomic E-state index is -0.310. The number of halogens is 1. The molecular weight excluding hydrogens is 345 g/mol. The molecule has 0 spiro atoms. The summed E-state index contributed by atoms with van der Waals surface area (Å²) in [7, 11) is 0. The molecular formula is C21H22FN3O2. The highest BCUT2D eigenvalue weighted by molar-refractivity contribution is 5.57. The van der Waals surface area contributed by atoms with Crippen molar-refractivity contribution in [2.24, 2.45) is 5.92 Å². The molecule has 5 nitrogen and oxygen atoms in total. The molecule has 0 unspecified atom stereocenters. The third-order valence-corrected chi connectivity index (χ3v) is 4.81. The Morgan fingerprint density at radius 2 is 2.15 bits per heavy atom. The lowest BCUT2D eigenvalue weighted by Crippen LogP contribution is -2.37. The third kappa shape index (κ3) is 4.52. The minimum Gasteiger partial charge on any atom is -0.490 e. The number of benzene rings is 1. The Morgan fingerprint density at radius 1 is 1.22 bits per heavy atom. The number of hydrogen-bond acceptors (Lipinski definition) is 5. The van der Waals surface area contributed by atoms with Crippen LogP contribution in [-0.4, -0.2) is 34.7 Å². The van der Waals surface area contributed by atoms with Crippen LogP contribution in [0, 0.1) is 11.7 Å². The molecule has 140 valence electrons. The van der Waals surface area contributed by atoms with Crippen LogP contribution in [0.15, 0.2) is 59.4 Å². The zero-order valence-corrected chi connectivity index (χ0v) is 15.1. The van der Waals surface area contributed by atoms with Gasteiger partial charge in [-0.2, -0.15) is 0 Å². The van der Waals surface area contributed by atoms with Gasteiger partial charge >= 0.3 is 0 Å². The maximum atomic E-state index is 13.7. The van der Waals surface area contributed by atoms with Gasteiger partial charge in [0.2, 0.25) is 0 Å². The summed E-state index contributed by atoms with van der Waals surface area (Å²) in [5, 5.41) is 4.15. The standard InChI is InChI=1S/C21H22FN3O2/c22-19-7-1-2-8-21(19)26-15-16-5-4-10-25(13-16)14-18-11-20(24-27-18)17-6-3-9-23-12-17/h1-3,6-9,11-12,16H,4-5,10,13-15H2/t16-/m1/s1. The average molecular weight is 367 g/mol. The van der Waals surface area contributed by atoms with Crippen molar-refractivity contribution in [3.8, 4) is 17.0 Å². The lowest BCUT2D eigenvalue weighted by atomic mass is 9.99. The van der Waals surface area contributed by atoms with Gasteiger partial charge < -0.3 is 9.26 Å². The number of aromatic nitrogens is 2. The Balaban J connectivity index is 1.32. The second kappa shape index (κ2) is 8.31. The molecule has 27 heavy (non-hydrogen) atoms. The van der Waals surface area contributed by atoms with Crippen LogP contribution in [0.2, 0.25) is 0 Å². The second-order valence-electron chi connectivity index (χ2n) is 6.90. The lowest BCUT2D eigenvalue weighted by molar-refractivity contribution is 0.115. The van der Waals surface area contributed by atoms with Crippen LogP contribution in [0.25, 0.3) is 11.3 Å². The van der Waals surface area contributed by atoms with Gasteiger partial charge in [-0.05, 0) is 43.7 Å². The van der Waals surface area contributed by atoms with E-state index in [1.165, 1.54) is 6.07 Å². The van der Waals surface area contributed by atoms with Crippen LogP contribution >= 0.6 is 0 Å². The van der Waals surface area contributed by atoms with Gasteiger partial charge in [-0.15, -0.1) is 0 Å². The largest absolute Gasteiger partial charge is 0.490 e. The van der Waals surface area contributed by atoms with Crippen molar-refractivity contribution in [1.29, 1.82) is 0 Å². The summed E-state index contributed by atoms with van der Waals surface area (Å²) in [6.45, 7) is 3.15. The number of ether oxygens (including phenoxy) is 1. The molecule has 1 aromatic carbocycles. The van der Waals surface area contributed by atoms with Crippen molar-refractivity contribution in [3.63, 3.8) is 0 Å². The maximum Gasteiger partial charge on any atom is 0.165 e. The van der Waals surface area contributed by atoms with Crippen molar-refractivity contribution in [3.05, 3.63) is 66.4 Å². The van der Waals surface area contributed by atoms with Gasteiger partial charge in [0.15, 0.2) is 17.3 Å². The van der Waals surface area contributed by atoms with Crippen molar-refractivity contribution in [2.45, 2.75) is 19.4 Å². The van der Waals surface area contributed by atoms with E-state index in [0.29, 0.717) is 24.8 Å². The van der Waals surface area contributed by atoms with Gasteiger partial charge in [-0.1, -0.05) is 17.3 Å². The maximum absolute atomic E-state index is 13.7. The van der Waals surface area contributed by atoms with Crippen molar-refractivity contribution in [1.82, 2.24) is 15.0 Å². The van der Waals surface area contributed by atoms with Crippen molar-refractivity contribution >= 4 is 0 Å². The van der Waals surface area contributed by atoms with E-state index < -0.39 is 0 Å².